The van der Waals surface area contributed by atoms with Gasteiger partial charge in [-0.05, 0) is 61.2 Å². The molecule has 0 saturated carbocycles. The molecule has 6 rings (SSSR count). The minimum absolute atomic E-state index is 0. The fourth-order valence-corrected chi connectivity index (χ4v) is 6.14. The van der Waals surface area contributed by atoms with Crippen molar-refractivity contribution in [3.8, 4) is 22.6 Å². The van der Waals surface area contributed by atoms with E-state index in [0.29, 0.717) is 29.3 Å². The fourth-order valence-electron chi connectivity index (χ4n) is 4.87. The lowest BCUT2D eigenvalue weighted by atomic mass is 9.96. The van der Waals surface area contributed by atoms with E-state index in [2.05, 4.69) is 38.0 Å². The zero-order valence-electron chi connectivity index (χ0n) is 21.4. The van der Waals surface area contributed by atoms with Crippen molar-refractivity contribution >= 4 is 34.0 Å². The normalized spacial score (nSPS) is 12.7. The molecule has 0 amide bonds. The molecular formula is C29H27ClN4O4S. The van der Waals surface area contributed by atoms with Crippen LogP contribution in [0, 0.1) is 13.8 Å². The number of rotatable bonds is 7. The molecule has 200 valence electrons. The van der Waals surface area contributed by atoms with E-state index in [1.54, 1.807) is 38.4 Å². The summed E-state index contributed by atoms with van der Waals surface area (Å²) >= 11 is 0. The number of aromatic nitrogens is 2. The molecule has 39 heavy (non-hydrogen) atoms. The van der Waals surface area contributed by atoms with E-state index < -0.39 is 10.0 Å². The summed E-state index contributed by atoms with van der Waals surface area (Å²) in [4.78, 5) is 6.79. The number of oxazole rings is 1. The maximum atomic E-state index is 13.6. The number of para-hydroxylation sites is 1. The van der Waals surface area contributed by atoms with Gasteiger partial charge in [-0.2, -0.15) is 0 Å². The first-order valence-corrected chi connectivity index (χ1v) is 13.8. The van der Waals surface area contributed by atoms with Crippen molar-refractivity contribution in [2.24, 2.45) is 0 Å². The quantitative estimate of drug-likeness (QED) is 0.245. The molecule has 0 spiro atoms. The first-order chi connectivity index (χ1) is 18.4. The summed E-state index contributed by atoms with van der Waals surface area (Å²) in [5, 5.41) is 3.88. The molecule has 0 saturated heterocycles. The number of anilines is 2. The maximum absolute atomic E-state index is 13.6. The van der Waals surface area contributed by atoms with Crippen LogP contribution in [0.5, 0.6) is 0 Å². The third kappa shape index (κ3) is 5.03. The van der Waals surface area contributed by atoms with Crippen LogP contribution in [0.15, 0.2) is 93.0 Å². The average molecular weight is 563 g/mol. The van der Waals surface area contributed by atoms with E-state index in [1.165, 1.54) is 11.3 Å². The van der Waals surface area contributed by atoms with Crippen LogP contribution in [-0.4, -0.2) is 25.1 Å². The standard InChI is InChI=1S/C29H26N4O4S.ClH/c1-19-20(2)31-37-28(19)32-38(34,35)27-10-6-4-8-25(27)24-12-11-22(29-30-14-16-36-29)17-23(24)18-33-15-13-21-7-3-5-9-26(21)33;/h3-12,14,16-17,32H,13,15,18H2,1-2H3;1H. The number of sulfonamides is 1. The summed E-state index contributed by atoms with van der Waals surface area (Å²) in [7, 11) is -3.98. The molecule has 0 fully saturated rings. The van der Waals surface area contributed by atoms with Crippen LogP contribution in [0.3, 0.4) is 0 Å². The van der Waals surface area contributed by atoms with E-state index in [-0.39, 0.29) is 23.2 Å². The second kappa shape index (κ2) is 10.6. The molecule has 10 heteroatoms. The Morgan fingerprint density at radius 1 is 1.00 bits per heavy atom. The predicted octanol–water partition coefficient (Wildman–Crippen LogP) is 6.40. The van der Waals surface area contributed by atoms with Crippen molar-refractivity contribution in [2.45, 2.75) is 31.7 Å². The minimum Gasteiger partial charge on any atom is -0.445 e. The van der Waals surface area contributed by atoms with Crippen molar-refractivity contribution in [1.82, 2.24) is 10.1 Å². The Bertz CT molecular complexity index is 1730. The van der Waals surface area contributed by atoms with Crippen molar-refractivity contribution in [3.63, 3.8) is 0 Å². The molecular weight excluding hydrogens is 536 g/mol. The molecule has 5 aromatic rings. The number of hydrogen-bond acceptors (Lipinski definition) is 7. The van der Waals surface area contributed by atoms with Gasteiger partial charge in [0.25, 0.3) is 10.0 Å². The molecule has 1 N–H and O–H groups in total. The predicted molar refractivity (Wildman–Crippen MR) is 153 cm³/mol. The van der Waals surface area contributed by atoms with Gasteiger partial charge in [-0.3, -0.25) is 0 Å². The lowest BCUT2D eigenvalue weighted by Crippen LogP contribution is -2.20. The zero-order valence-corrected chi connectivity index (χ0v) is 23.1. The third-order valence-electron chi connectivity index (χ3n) is 6.98. The number of nitrogens with one attached hydrogen (secondary N) is 1. The van der Waals surface area contributed by atoms with Crippen molar-refractivity contribution in [2.75, 3.05) is 16.2 Å². The van der Waals surface area contributed by atoms with E-state index in [0.717, 1.165) is 29.7 Å². The number of aryl methyl sites for hydroxylation is 1. The molecule has 0 radical (unpaired) electrons. The topological polar surface area (TPSA) is 101 Å². The molecule has 0 aliphatic carbocycles. The Morgan fingerprint density at radius 2 is 1.79 bits per heavy atom. The summed E-state index contributed by atoms with van der Waals surface area (Å²) in [6.07, 6.45) is 4.12. The van der Waals surface area contributed by atoms with Crippen LogP contribution in [0.2, 0.25) is 0 Å². The van der Waals surface area contributed by atoms with Crippen LogP contribution in [0.4, 0.5) is 11.6 Å². The largest absolute Gasteiger partial charge is 0.445 e. The van der Waals surface area contributed by atoms with Gasteiger partial charge in [0, 0.05) is 35.5 Å². The molecule has 0 bridgehead atoms. The first-order valence-electron chi connectivity index (χ1n) is 12.3. The average Bonchev–Trinajstić information content (AvgIpc) is 3.67. The Morgan fingerprint density at radius 3 is 2.56 bits per heavy atom. The maximum Gasteiger partial charge on any atom is 0.264 e. The summed E-state index contributed by atoms with van der Waals surface area (Å²) in [6, 6.07) is 21.3. The smallest absolute Gasteiger partial charge is 0.264 e. The summed E-state index contributed by atoms with van der Waals surface area (Å²) < 4.78 is 40.6. The second-order valence-corrected chi connectivity index (χ2v) is 11.0. The summed E-state index contributed by atoms with van der Waals surface area (Å²) in [5.74, 6) is 0.629. The van der Waals surface area contributed by atoms with Crippen LogP contribution in [-0.2, 0) is 23.0 Å². The highest BCUT2D eigenvalue weighted by Gasteiger charge is 2.25. The van der Waals surface area contributed by atoms with Gasteiger partial charge < -0.3 is 13.8 Å². The fraction of sp³-hybridized carbons (Fsp3) is 0.172. The van der Waals surface area contributed by atoms with E-state index in [1.807, 2.05) is 36.4 Å². The van der Waals surface area contributed by atoms with Gasteiger partial charge in [-0.15, -0.1) is 12.4 Å². The number of hydrogen-bond donors (Lipinski definition) is 1. The Labute approximate surface area is 233 Å². The molecule has 0 atom stereocenters. The van der Waals surface area contributed by atoms with Crippen molar-refractivity contribution < 1.29 is 17.4 Å². The Kier molecular flexibility index (Phi) is 7.20. The zero-order chi connectivity index (χ0) is 26.3. The number of benzene rings is 3. The highest BCUT2D eigenvalue weighted by atomic mass is 35.5. The van der Waals surface area contributed by atoms with Crippen LogP contribution >= 0.6 is 12.4 Å². The molecule has 2 aromatic heterocycles. The summed E-state index contributed by atoms with van der Waals surface area (Å²) in [6.45, 7) is 5.02. The number of fused-ring (bicyclic) bond motifs is 1. The van der Waals surface area contributed by atoms with Crippen molar-refractivity contribution in [1.29, 1.82) is 0 Å². The van der Waals surface area contributed by atoms with Gasteiger partial charge >= 0.3 is 0 Å². The van der Waals surface area contributed by atoms with Gasteiger partial charge in [0.05, 0.1) is 16.8 Å². The highest BCUT2D eigenvalue weighted by Crippen LogP contribution is 2.37. The van der Waals surface area contributed by atoms with Gasteiger partial charge in [0.2, 0.25) is 11.8 Å². The molecule has 0 unspecified atom stereocenters. The third-order valence-corrected chi connectivity index (χ3v) is 8.37. The van der Waals surface area contributed by atoms with Gasteiger partial charge in [-0.25, -0.2) is 18.1 Å². The van der Waals surface area contributed by atoms with E-state index in [4.69, 9.17) is 8.94 Å². The first kappa shape index (κ1) is 26.5. The second-order valence-electron chi connectivity index (χ2n) is 9.33. The monoisotopic (exact) mass is 562 g/mol. The van der Waals surface area contributed by atoms with Gasteiger partial charge in [0.1, 0.15) is 6.26 Å². The van der Waals surface area contributed by atoms with Crippen LogP contribution in [0.25, 0.3) is 22.6 Å². The minimum atomic E-state index is -3.98. The lowest BCUT2D eigenvalue weighted by molar-refractivity contribution is 0.430. The van der Waals surface area contributed by atoms with Crippen molar-refractivity contribution in [3.05, 3.63) is 102 Å². The van der Waals surface area contributed by atoms with Crippen LogP contribution < -0.4 is 9.62 Å². The number of nitrogens with zero attached hydrogens (tertiary/aromatic N) is 3. The van der Waals surface area contributed by atoms with Crippen LogP contribution in [0.1, 0.15) is 22.4 Å². The molecule has 3 heterocycles. The highest BCUT2D eigenvalue weighted by molar-refractivity contribution is 7.92. The SMILES string of the molecule is Cc1noc(NS(=O)(=O)c2ccccc2-c2ccc(-c3ncco3)cc2CN2CCc3ccccc32)c1C.Cl. The van der Waals surface area contributed by atoms with Gasteiger partial charge in [-0.1, -0.05) is 47.6 Å². The van der Waals surface area contributed by atoms with Gasteiger partial charge in [0.15, 0.2) is 0 Å². The Balaban J connectivity index is 0.00000308. The van der Waals surface area contributed by atoms with E-state index >= 15 is 0 Å². The summed E-state index contributed by atoms with van der Waals surface area (Å²) in [5.41, 5.74) is 6.98. The molecule has 8 nitrogen and oxygen atoms in total. The molecule has 3 aromatic carbocycles. The van der Waals surface area contributed by atoms with E-state index in [9.17, 15) is 8.42 Å². The molecule has 1 aliphatic heterocycles. The lowest BCUT2D eigenvalue weighted by Gasteiger charge is -2.22. The number of halogens is 1. The Hall–Kier alpha value is -4.08. The molecule has 1 aliphatic rings.